The van der Waals surface area contributed by atoms with Crippen LogP contribution >= 0.6 is 0 Å². The minimum Gasteiger partial charge on any atom is -0.394 e. The molecule has 2 aliphatic rings. The lowest BCUT2D eigenvalue weighted by molar-refractivity contribution is -0.137. The number of aliphatic imine (C=N–C) groups is 1. The number of nitrogens with two attached hydrogens (primary N) is 1. The molecule has 1 saturated heterocycles. The van der Waals surface area contributed by atoms with Gasteiger partial charge in [-0.1, -0.05) is 30.3 Å². The Morgan fingerprint density at radius 1 is 1.11 bits per heavy atom. The zero-order valence-electron chi connectivity index (χ0n) is 19.5. The highest BCUT2D eigenvalue weighted by Crippen LogP contribution is 2.30. The molecule has 1 aromatic carbocycles. The van der Waals surface area contributed by atoms with E-state index in [2.05, 4.69) is 9.98 Å². The Morgan fingerprint density at radius 3 is 2.51 bits per heavy atom. The van der Waals surface area contributed by atoms with Crippen LogP contribution < -0.4 is 10.6 Å². The van der Waals surface area contributed by atoms with E-state index in [0.717, 1.165) is 17.8 Å². The molecule has 1 atom stereocenters. The minimum atomic E-state index is -4.43. The van der Waals surface area contributed by atoms with Gasteiger partial charge in [0.1, 0.15) is 11.5 Å². The number of benzene rings is 1. The largest absolute Gasteiger partial charge is 0.417 e. The van der Waals surface area contributed by atoms with E-state index < -0.39 is 11.7 Å². The molecular formula is C25H28F3N5O2. The second-order valence-electron chi connectivity index (χ2n) is 8.56. The van der Waals surface area contributed by atoms with Gasteiger partial charge >= 0.3 is 6.18 Å². The monoisotopic (exact) mass is 487 g/mol. The molecule has 0 saturated carbocycles. The summed E-state index contributed by atoms with van der Waals surface area (Å²) < 4.78 is 44.2. The first kappa shape index (κ1) is 24.7. The number of rotatable bonds is 4. The van der Waals surface area contributed by atoms with Crippen LogP contribution in [0.5, 0.6) is 0 Å². The van der Waals surface area contributed by atoms with E-state index in [-0.39, 0.29) is 24.3 Å². The summed E-state index contributed by atoms with van der Waals surface area (Å²) in [4.78, 5) is 25.8. The molecule has 7 nitrogen and oxygen atoms in total. The van der Waals surface area contributed by atoms with E-state index in [1.54, 1.807) is 4.90 Å². The molecule has 2 aromatic rings. The number of amides is 1. The third kappa shape index (κ3) is 5.64. The van der Waals surface area contributed by atoms with Crippen molar-refractivity contribution >= 4 is 23.0 Å². The Balaban J connectivity index is 1.57. The summed E-state index contributed by atoms with van der Waals surface area (Å²) in [5.74, 6) is 0.147. The molecule has 4 rings (SSSR count). The van der Waals surface area contributed by atoms with Gasteiger partial charge in [-0.15, -0.1) is 0 Å². The van der Waals surface area contributed by atoms with Gasteiger partial charge in [0.15, 0.2) is 0 Å². The van der Waals surface area contributed by atoms with Crippen LogP contribution in [0.2, 0.25) is 0 Å². The van der Waals surface area contributed by atoms with Crippen LogP contribution in [0.25, 0.3) is 5.57 Å². The number of aromatic nitrogens is 1. The maximum absolute atomic E-state index is 13.6. The topological polar surface area (TPSA) is 84.1 Å². The summed E-state index contributed by atoms with van der Waals surface area (Å²) in [6.45, 7) is 4.58. The molecule has 1 amide bonds. The van der Waals surface area contributed by atoms with Crippen LogP contribution in [0.4, 0.5) is 19.0 Å². The normalized spacial score (nSPS) is 20.1. The predicted molar refractivity (Wildman–Crippen MR) is 128 cm³/mol. The van der Waals surface area contributed by atoms with Crippen molar-refractivity contribution in [2.24, 2.45) is 10.7 Å². The number of anilines is 1. The summed E-state index contributed by atoms with van der Waals surface area (Å²) in [6, 6.07) is 11.7. The van der Waals surface area contributed by atoms with E-state index in [1.807, 2.05) is 42.2 Å². The first-order chi connectivity index (χ1) is 16.8. The van der Waals surface area contributed by atoms with E-state index in [0.29, 0.717) is 56.3 Å². The Labute approximate surface area is 202 Å². The van der Waals surface area contributed by atoms with Crippen molar-refractivity contribution < 1.29 is 22.7 Å². The van der Waals surface area contributed by atoms with E-state index in [1.165, 1.54) is 6.07 Å². The average molecular weight is 488 g/mol. The van der Waals surface area contributed by atoms with Gasteiger partial charge in [0.2, 0.25) is 0 Å². The fraction of sp³-hybridized carbons (Fsp3) is 0.400. The number of halogens is 3. The summed E-state index contributed by atoms with van der Waals surface area (Å²) in [7, 11) is 0. The first-order valence-electron chi connectivity index (χ1n) is 11.5. The van der Waals surface area contributed by atoms with E-state index in [9.17, 15) is 18.0 Å². The van der Waals surface area contributed by atoms with Gasteiger partial charge in [-0.3, -0.25) is 9.79 Å². The number of hydrogen-bond acceptors (Lipinski definition) is 6. The van der Waals surface area contributed by atoms with E-state index >= 15 is 0 Å². The van der Waals surface area contributed by atoms with Crippen molar-refractivity contribution in [3.05, 3.63) is 65.5 Å². The molecule has 3 heterocycles. The van der Waals surface area contributed by atoms with Crippen LogP contribution in [-0.2, 0) is 15.7 Å². The highest BCUT2D eigenvalue weighted by Gasteiger charge is 2.32. The van der Waals surface area contributed by atoms with Crippen molar-refractivity contribution in [1.82, 2.24) is 9.88 Å². The smallest absolute Gasteiger partial charge is 0.394 e. The predicted octanol–water partition coefficient (Wildman–Crippen LogP) is 3.37. The molecule has 0 radical (unpaired) electrons. The zero-order chi connectivity index (χ0) is 25.0. The van der Waals surface area contributed by atoms with Crippen LogP contribution in [0.3, 0.4) is 0 Å². The molecular weight excluding hydrogens is 459 g/mol. The fourth-order valence-corrected chi connectivity index (χ4v) is 4.29. The van der Waals surface area contributed by atoms with Gasteiger partial charge in [0.05, 0.1) is 31.0 Å². The van der Waals surface area contributed by atoms with Crippen LogP contribution in [0.1, 0.15) is 24.5 Å². The Hall–Kier alpha value is -3.40. The van der Waals surface area contributed by atoms with E-state index in [4.69, 9.17) is 10.5 Å². The van der Waals surface area contributed by atoms with Gasteiger partial charge in [-0.25, -0.2) is 4.98 Å². The number of carbonyl (C=O) groups is 1. The fourth-order valence-electron chi connectivity index (χ4n) is 4.29. The Morgan fingerprint density at radius 2 is 1.89 bits per heavy atom. The van der Waals surface area contributed by atoms with Crippen molar-refractivity contribution in [3.8, 4) is 0 Å². The summed E-state index contributed by atoms with van der Waals surface area (Å²) >= 11 is 0. The molecule has 186 valence electrons. The second kappa shape index (κ2) is 10.5. The van der Waals surface area contributed by atoms with Gasteiger partial charge in [-0.05, 0) is 31.0 Å². The minimum absolute atomic E-state index is 0.105. The standard InChI is InChI=1S/C25H28F3N5O2/c1-17-9-11-32(21-8-7-19(15-31-21)25(26,27)28)12-13-33(17)24(34)23(29)22(18-5-3-2-4-6-18)20-16-35-14-10-30-20/h2-8,15,17H,9-14,16,29H2,1H3/t17-/m1/s1. The third-order valence-corrected chi connectivity index (χ3v) is 6.25. The Kier molecular flexibility index (Phi) is 7.39. The lowest BCUT2D eigenvalue weighted by Crippen LogP contribution is -2.43. The van der Waals surface area contributed by atoms with Crippen molar-refractivity contribution in [2.45, 2.75) is 25.6 Å². The van der Waals surface area contributed by atoms with Crippen LogP contribution in [0.15, 0.2) is 59.4 Å². The van der Waals surface area contributed by atoms with Crippen LogP contribution in [-0.4, -0.2) is 66.9 Å². The molecule has 1 fully saturated rings. The Bertz CT molecular complexity index is 1100. The molecule has 0 spiro atoms. The SMILES string of the molecule is C[C@@H]1CCN(c2ccc(C(F)(F)F)cn2)CCN1C(=O)C(N)=C(C1=NCCOC1)c1ccccc1. The lowest BCUT2D eigenvalue weighted by Gasteiger charge is -2.28. The number of carbonyl (C=O) groups excluding carboxylic acids is 1. The first-order valence-corrected chi connectivity index (χ1v) is 11.5. The molecule has 10 heteroatoms. The maximum Gasteiger partial charge on any atom is 0.417 e. The molecule has 0 bridgehead atoms. The number of alkyl halides is 3. The van der Waals surface area contributed by atoms with Gasteiger partial charge in [0, 0.05) is 37.4 Å². The molecule has 0 aliphatic carbocycles. The maximum atomic E-state index is 13.6. The molecule has 2 N–H and O–H groups in total. The summed E-state index contributed by atoms with van der Waals surface area (Å²) in [5, 5.41) is 0. The third-order valence-electron chi connectivity index (χ3n) is 6.25. The zero-order valence-corrected chi connectivity index (χ0v) is 19.5. The molecule has 2 aliphatic heterocycles. The average Bonchev–Trinajstić information content (AvgIpc) is 3.06. The van der Waals surface area contributed by atoms with Crippen LogP contribution in [0, 0.1) is 0 Å². The number of pyridine rings is 1. The number of hydrogen-bond donors (Lipinski definition) is 1. The number of nitrogens with zero attached hydrogens (tertiary/aromatic N) is 4. The van der Waals surface area contributed by atoms with Gasteiger partial charge in [-0.2, -0.15) is 13.2 Å². The van der Waals surface area contributed by atoms with Gasteiger partial charge < -0.3 is 20.3 Å². The highest BCUT2D eigenvalue weighted by atomic mass is 19.4. The lowest BCUT2D eigenvalue weighted by atomic mass is 9.97. The highest BCUT2D eigenvalue weighted by molar-refractivity contribution is 6.29. The van der Waals surface area contributed by atoms with Crippen molar-refractivity contribution in [3.63, 3.8) is 0 Å². The number of ether oxygens (including phenoxy) is 1. The summed E-state index contributed by atoms with van der Waals surface area (Å²) in [6.07, 6.45) is -2.98. The van der Waals surface area contributed by atoms with Gasteiger partial charge in [0.25, 0.3) is 5.91 Å². The molecule has 35 heavy (non-hydrogen) atoms. The molecule has 1 aromatic heterocycles. The second-order valence-corrected chi connectivity index (χ2v) is 8.56. The quantitative estimate of drug-likeness (QED) is 0.669. The molecule has 0 unspecified atom stereocenters. The van der Waals surface area contributed by atoms with Crippen molar-refractivity contribution in [1.29, 1.82) is 0 Å². The summed E-state index contributed by atoms with van der Waals surface area (Å²) in [5.41, 5.74) is 7.82. The van der Waals surface area contributed by atoms with Crippen molar-refractivity contribution in [2.75, 3.05) is 44.3 Å².